The number of hydrogen-bond donors (Lipinski definition) is 1. The van der Waals surface area contributed by atoms with Gasteiger partial charge in [0.15, 0.2) is 10.9 Å². The minimum Gasteiger partial charge on any atom is -0.384 e. The van der Waals surface area contributed by atoms with Crippen LogP contribution >= 0.6 is 23.1 Å². The van der Waals surface area contributed by atoms with Gasteiger partial charge in [-0.1, -0.05) is 11.8 Å². The van der Waals surface area contributed by atoms with Crippen molar-refractivity contribution in [2.75, 3.05) is 5.73 Å². The molecule has 3 aromatic heterocycles. The number of nitrogens with two attached hydrogens (primary N) is 1. The lowest BCUT2D eigenvalue weighted by Crippen LogP contribution is -2.42. The second-order valence-corrected chi connectivity index (χ2v) is 9.51. The van der Waals surface area contributed by atoms with E-state index in [0.29, 0.717) is 21.9 Å². The van der Waals surface area contributed by atoms with Crippen LogP contribution in [-0.2, 0) is 20.6 Å². The fourth-order valence-corrected chi connectivity index (χ4v) is 5.29. The minimum absolute atomic E-state index is 0.149. The van der Waals surface area contributed by atoms with E-state index in [2.05, 4.69) is 4.98 Å². The Morgan fingerprint density at radius 3 is 2.40 bits per heavy atom. The summed E-state index contributed by atoms with van der Waals surface area (Å²) in [7, 11) is 2.70. The van der Waals surface area contributed by atoms with Crippen molar-refractivity contribution in [3.63, 3.8) is 0 Å². The van der Waals surface area contributed by atoms with Gasteiger partial charge in [-0.05, 0) is 33.3 Å². The number of hydrogen-bond acceptors (Lipinski definition) is 8. The standard InChI is InChI=1S/C19H23N5O4S2/c1-7-24-17(27)11-8(2)9(3)29-15(11)21-18(24)30-10(4)13(25)12-14(20)22(5)19(28)23(6)16(12)26/h10H,7,20H2,1-6H3. The van der Waals surface area contributed by atoms with Gasteiger partial charge in [0.05, 0.1) is 10.6 Å². The van der Waals surface area contributed by atoms with E-state index in [1.807, 2.05) is 20.8 Å². The first-order valence-corrected chi connectivity index (χ1v) is 11.0. The number of nitrogen functional groups attached to an aromatic ring is 1. The molecule has 0 aliphatic rings. The van der Waals surface area contributed by atoms with E-state index in [-0.39, 0.29) is 16.9 Å². The number of ketones is 1. The van der Waals surface area contributed by atoms with Gasteiger partial charge >= 0.3 is 5.69 Å². The molecule has 2 N–H and O–H groups in total. The van der Waals surface area contributed by atoms with Crippen molar-refractivity contribution in [1.29, 1.82) is 0 Å². The second kappa shape index (κ2) is 7.88. The van der Waals surface area contributed by atoms with Gasteiger partial charge in [0, 0.05) is 25.5 Å². The molecule has 1 unspecified atom stereocenters. The average molecular weight is 450 g/mol. The van der Waals surface area contributed by atoms with Crippen molar-refractivity contribution in [1.82, 2.24) is 18.7 Å². The molecule has 0 bridgehead atoms. The number of fused-ring (bicyclic) bond motifs is 1. The Hall–Kier alpha value is -2.66. The highest BCUT2D eigenvalue weighted by molar-refractivity contribution is 8.00. The Morgan fingerprint density at radius 2 is 1.80 bits per heavy atom. The Morgan fingerprint density at radius 1 is 1.17 bits per heavy atom. The van der Waals surface area contributed by atoms with E-state index in [1.54, 1.807) is 6.92 Å². The van der Waals surface area contributed by atoms with Crippen molar-refractivity contribution < 1.29 is 4.79 Å². The molecule has 9 nitrogen and oxygen atoms in total. The van der Waals surface area contributed by atoms with Crippen LogP contribution < -0.4 is 22.5 Å². The average Bonchev–Trinajstić information content (AvgIpc) is 2.98. The zero-order valence-corrected chi connectivity index (χ0v) is 19.2. The summed E-state index contributed by atoms with van der Waals surface area (Å²) in [5.74, 6) is -0.703. The SMILES string of the molecule is CCn1c(SC(C)C(=O)c2c(N)n(C)c(=O)n(C)c2=O)nc2sc(C)c(C)c2c1=O. The summed E-state index contributed by atoms with van der Waals surface area (Å²) >= 11 is 2.53. The summed E-state index contributed by atoms with van der Waals surface area (Å²) in [5.41, 5.74) is 5.08. The van der Waals surface area contributed by atoms with Crippen LogP contribution in [0.4, 0.5) is 5.82 Å². The lowest BCUT2D eigenvalue weighted by atomic mass is 10.1. The number of carbonyl (C=O) groups is 1. The van der Waals surface area contributed by atoms with Gasteiger partial charge < -0.3 is 5.73 Å². The van der Waals surface area contributed by atoms with Crippen LogP contribution in [0, 0.1) is 13.8 Å². The molecule has 0 fully saturated rings. The maximum Gasteiger partial charge on any atom is 0.332 e. The largest absolute Gasteiger partial charge is 0.384 e. The highest BCUT2D eigenvalue weighted by Gasteiger charge is 2.27. The third kappa shape index (κ3) is 3.31. The molecule has 0 radical (unpaired) electrons. The molecule has 0 aliphatic carbocycles. The van der Waals surface area contributed by atoms with Crippen LogP contribution in [0.5, 0.6) is 0 Å². The molecule has 0 aliphatic heterocycles. The third-order valence-electron chi connectivity index (χ3n) is 5.18. The molecule has 1 atom stereocenters. The fraction of sp³-hybridized carbons (Fsp3) is 0.421. The van der Waals surface area contributed by atoms with Crippen molar-refractivity contribution in [3.05, 3.63) is 47.2 Å². The monoisotopic (exact) mass is 449 g/mol. The number of nitrogens with zero attached hydrogens (tertiary/aromatic N) is 4. The summed E-state index contributed by atoms with van der Waals surface area (Å²) in [6.45, 7) is 7.69. The van der Waals surface area contributed by atoms with Gasteiger partial charge in [0.2, 0.25) is 0 Å². The Kier molecular flexibility index (Phi) is 5.79. The third-order valence-corrected chi connectivity index (χ3v) is 7.37. The number of aromatic nitrogens is 4. The van der Waals surface area contributed by atoms with Crippen LogP contribution in [0.3, 0.4) is 0 Å². The number of Topliss-reactive ketones (excluding diaryl/α,β-unsaturated/α-hetero) is 1. The molecule has 0 saturated carbocycles. The molecular formula is C19H23N5O4S2. The summed E-state index contributed by atoms with van der Waals surface area (Å²) in [6, 6.07) is 0. The lowest BCUT2D eigenvalue weighted by Gasteiger charge is -2.16. The molecule has 3 heterocycles. The van der Waals surface area contributed by atoms with E-state index < -0.39 is 22.3 Å². The Labute approximate surface area is 180 Å². The lowest BCUT2D eigenvalue weighted by molar-refractivity contribution is 0.0992. The maximum absolute atomic E-state index is 13.1. The number of rotatable bonds is 5. The zero-order chi connectivity index (χ0) is 22.5. The fourth-order valence-electron chi connectivity index (χ4n) is 3.18. The molecule has 0 aromatic carbocycles. The molecule has 3 rings (SSSR count). The van der Waals surface area contributed by atoms with E-state index in [4.69, 9.17) is 5.73 Å². The van der Waals surface area contributed by atoms with Gasteiger partial charge in [-0.2, -0.15) is 0 Å². The Bertz CT molecular complexity index is 1360. The van der Waals surface area contributed by atoms with Gasteiger partial charge in [-0.25, -0.2) is 9.78 Å². The predicted octanol–water partition coefficient (Wildman–Crippen LogP) is 1.44. The van der Waals surface area contributed by atoms with E-state index in [0.717, 1.165) is 31.3 Å². The highest BCUT2D eigenvalue weighted by atomic mass is 32.2. The molecule has 160 valence electrons. The zero-order valence-electron chi connectivity index (χ0n) is 17.6. The molecule has 11 heteroatoms. The van der Waals surface area contributed by atoms with Crippen molar-refractivity contribution in [2.45, 2.75) is 44.6 Å². The molecule has 30 heavy (non-hydrogen) atoms. The van der Waals surface area contributed by atoms with Gasteiger partial charge in [0.25, 0.3) is 11.1 Å². The summed E-state index contributed by atoms with van der Waals surface area (Å²) in [4.78, 5) is 56.9. The topological polar surface area (TPSA) is 122 Å². The van der Waals surface area contributed by atoms with Gasteiger partial charge in [-0.3, -0.25) is 28.1 Å². The van der Waals surface area contributed by atoms with Crippen LogP contribution in [0.2, 0.25) is 0 Å². The number of carbonyl (C=O) groups excluding carboxylic acids is 1. The van der Waals surface area contributed by atoms with E-state index in [9.17, 15) is 19.2 Å². The summed E-state index contributed by atoms with van der Waals surface area (Å²) in [5, 5.41) is 0.248. The summed E-state index contributed by atoms with van der Waals surface area (Å²) < 4.78 is 3.44. The highest BCUT2D eigenvalue weighted by Crippen LogP contribution is 2.30. The minimum atomic E-state index is -0.748. The van der Waals surface area contributed by atoms with E-state index in [1.165, 1.54) is 30.0 Å². The van der Waals surface area contributed by atoms with Crippen LogP contribution in [0.15, 0.2) is 19.5 Å². The predicted molar refractivity (Wildman–Crippen MR) is 120 cm³/mol. The first kappa shape index (κ1) is 22.0. The van der Waals surface area contributed by atoms with Crippen LogP contribution in [0.25, 0.3) is 10.2 Å². The molecular weight excluding hydrogens is 426 g/mol. The number of thiophene rings is 1. The number of aryl methyl sites for hydroxylation is 2. The molecule has 0 spiro atoms. The maximum atomic E-state index is 13.1. The normalized spacial score (nSPS) is 12.5. The number of anilines is 1. The van der Waals surface area contributed by atoms with Crippen molar-refractivity contribution in [2.24, 2.45) is 14.1 Å². The van der Waals surface area contributed by atoms with Crippen LogP contribution in [-0.4, -0.2) is 29.7 Å². The number of thioether (sulfide) groups is 1. The molecule has 3 aromatic rings. The molecule has 0 saturated heterocycles. The van der Waals surface area contributed by atoms with Crippen LogP contribution in [0.1, 0.15) is 34.6 Å². The Balaban J connectivity index is 2.09. The second-order valence-electron chi connectivity index (χ2n) is 7.00. The smallest absolute Gasteiger partial charge is 0.332 e. The first-order valence-electron chi connectivity index (χ1n) is 9.28. The van der Waals surface area contributed by atoms with Crippen molar-refractivity contribution in [3.8, 4) is 0 Å². The van der Waals surface area contributed by atoms with Gasteiger partial charge in [-0.15, -0.1) is 11.3 Å². The van der Waals surface area contributed by atoms with E-state index >= 15 is 0 Å². The van der Waals surface area contributed by atoms with Gasteiger partial charge in [0.1, 0.15) is 16.2 Å². The van der Waals surface area contributed by atoms with Crippen molar-refractivity contribution >= 4 is 44.9 Å². The first-order chi connectivity index (χ1) is 14.0. The molecule has 0 amide bonds. The summed E-state index contributed by atoms with van der Waals surface area (Å²) in [6.07, 6.45) is 0. The quantitative estimate of drug-likeness (QED) is 0.355.